The zero-order valence-corrected chi connectivity index (χ0v) is 10.8. The average Bonchev–Trinajstić information content (AvgIpc) is 2.39. The number of hydrogen-bond acceptors (Lipinski definition) is 4. The van der Waals surface area contributed by atoms with Gasteiger partial charge in [-0.2, -0.15) is 0 Å². The molecule has 4 nitrogen and oxygen atoms in total. The number of hydrogen-bond donors (Lipinski definition) is 1. The van der Waals surface area contributed by atoms with Crippen LogP contribution in [0.15, 0.2) is 18.3 Å². The minimum atomic E-state index is 0.346. The van der Waals surface area contributed by atoms with Gasteiger partial charge in [0.2, 0.25) is 0 Å². The van der Waals surface area contributed by atoms with Crippen LogP contribution in [0, 0.1) is 0 Å². The van der Waals surface area contributed by atoms with Crippen molar-refractivity contribution in [3.05, 3.63) is 23.9 Å². The van der Waals surface area contributed by atoms with Gasteiger partial charge >= 0.3 is 0 Å². The van der Waals surface area contributed by atoms with E-state index in [0.717, 1.165) is 25.6 Å². The number of anilines is 1. The Hall–Kier alpha value is -1.13. The fourth-order valence-electron chi connectivity index (χ4n) is 2.06. The Balaban J connectivity index is 2.11. The van der Waals surface area contributed by atoms with E-state index >= 15 is 0 Å². The molecule has 0 spiro atoms. The van der Waals surface area contributed by atoms with Crippen LogP contribution in [0.1, 0.15) is 25.5 Å². The first kappa shape index (κ1) is 12.3. The Labute approximate surface area is 103 Å². The minimum Gasteiger partial charge on any atom is -0.377 e. The first-order chi connectivity index (χ1) is 8.22. The van der Waals surface area contributed by atoms with Crippen molar-refractivity contribution >= 4 is 5.82 Å². The molecular formula is C13H21N3O. The van der Waals surface area contributed by atoms with Gasteiger partial charge in [-0.1, -0.05) is 6.07 Å². The number of pyridine rings is 1. The molecule has 1 aliphatic heterocycles. The van der Waals surface area contributed by atoms with Crippen LogP contribution in [0.4, 0.5) is 5.82 Å². The molecule has 1 saturated heterocycles. The van der Waals surface area contributed by atoms with Gasteiger partial charge in [0.25, 0.3) is 0 Å². The van der Waals surface area contributed by atoms with E-state index in [1.54, 1.807) is 0 Å². The minimum absolute atomic E-state index is 0.346. The van der Waals surface area contributed by atoms with E-state index < -0.39 is 0 Å². The van der Waals surface area contributed by atoms with Crippen molar-refractivity contribution in [2.24, 2.45) is 0 Å². The summed E-state index contributed by atoms with van der Waals surface area (Å²) in [7, 11) is 1.96. The normalized spacial score (nSPS) is 22.5. The number of aromatic nitrogens is 1. The highest BCUT2D eigenvalue weighted by atomic mass is 16.5. The fraction of sp³-hybridized carbons (Fsp3) is 0.615. The van der Waals surface area contributed by atoms with Crippen molar-refractivity contribution < 1.29 is 4.74 Å². The lowest BCUT2D eigenvalue weighted by Gasteiger charge is -2.34. The summed E-state index contributed by atoms with van der Waals surface area (Å²) in [6.07, 6.45) is 1.96. The van der Waals surface area contributed by atoms with Gasteiger partial charge in [-0.25, -0.2) is 4.98 Å². The highest BCUT2D eigenvalue weighted by molar-refractivity contribution is 5.41. The molecule has 94 valence electrons. The van der Waals surface area contributed by atoms with Crippen molar-refractivity contribution in [3.63, 3.8) is 0 Å². The smallest absolute Gasteiger partial charge is 0.128 e. The SMILES string of the molecule is CNC(C)c1ccc(N2CCOCC2C)nc1. The average molecular weight is 235 g/mol. The topological polar surface area (TPSA) is 37.4 Å². The molecule has 17 heavy (non-hydrogen) atoms. The molecule has 2 rings (SSSR count). The van der Waals surface area contributed by atoms with Crippen LogP contribution in [-0.4, -0.2) is 37.8 Å². The van der Waals surface area contributed by atoms with Crippen molar-refractivity contribution in [2.45, 2.75) is 25.9 Å². The molecule has 2 heterocycles. The second-order valence-electron chi connectivity index (χ2n) is 4.58. The van der Waals surface area contributed by atoms with Crippen LogP contribution in [-0.2, 0) is 4.74 Å². The third-order valence-corrected chi connectivity index (χ3v) is 3.37. The number of morpholine rings is 1. The summed E-state index contributed by atoms with van der Waals surface area (Å²) >= 11 is 0. The quantitative estimate of drug-likeness (QED) is 0.863. The second-order valence-corrected chi connectivity index (χ2v) is 4.58. The largest absolute Gasteiger partial charge is 0.377 e. The molecule has 0 aromatic carbocycles. The van der Waals surface area contributed by atoms with E-state index in [0.29, 0.717) is 12.1 Å². The maximum Gasteiger partial charge on any atom is 0.128 e. The van der Waals surface area contributed by atoms with Crippen LogP contribution < -0.4 is 10.2 Å². The summed E-state index contributed by atoms with van der Waals surface area (Å²) in [5.74, 6) is 1.05. The van der Waals surface area contributed by atoms with E-state index in [1.807, 2.05) is 13.2 Å². The summed E-state index contributed by atoms with van der Waals surface area (Å²) in [6, 6.07) is 5.00. The molecule has 0 saturated carbocycles. The van der Waals surface area contributed by atoms with Crippen molar-refractivity contribution in [3.8, 4) is 0 Å². The van der Waals surface area contributed by atoms with Gasteiger partial charge in [0, 0.05) is 18.8 Å². The maximum absolute atomic E-state index is 5.43. The Morgan fingerprint density at radius 2 is 2.35 bits per heavy atom. The van der Waals surface area contributed by atoms with Gasteiger partial charge in [-0.15, -0.1) is 0 Å². The van der Waals surface area contributed by atoms with Crippen molar-refractivity contribution in [2.75, 3.05) is 31.7 Å². The first-order valence-corrected chi connectivity index (χ1v) is 6.20. The number of nitrogens with one attached hydrogen (secondary N) is 1. The van der Waals surface area contributed by atoms with E-state index in [4.69, 9.17) is 4.74 Å². The summed E-state index contributed by atoms with van der Waals surface area (Å²) in [5, 5.41) is 3.22. The van der Waals surface area contributed by atoms with Crippen LogP contribution in [0.3, 0.4) is 0 Å². The second kappa shape index (κ2) is 5.47. The summed E-state index contributed by atoms with van der Waals surface area (Å²) in [6.45, 7) is 6.81. The lowest BCUT2D eigenvalue weighted by Crippen LogP contribution is -2.44. The highest BCUT2D eigenvalue weighted by Gasteiger charge is 2.19. The predicted molar refractivity (Wildman–Crippen MR) is 69.3 cm³/mol. The van der Waals surface area contributed by atoms with E-state index in [2.05, 4.69) is 41.2 Å². The van der Waals surface area contributed by atoms with E-state index in [-0.39, 0.29) is 0 Å². The zero-order chi connectivity index (χ0) is 12.3. The lowest BCUT2D eigenvalue weighted by atomic mass is 10.1. The molecule has 1 fully saturated rings. The summed E-state index contributed by atoms with van der Waals surface area (Å²) < 4.78 is 5.43. The molecule has 2 unspecified atom stereocenters. The Morgan fingerprint density at radius 1 is 1.53 bits per heavy atom. The highest BCUT2D eigenvalue weighted by Crippen LogP contribution is 2.19. The van der Waals surface area contributed by atoms with Gasteiger partial charge < -0.3 is 15.0 Å². The van der Waals surface area contributed by atoms with E-state index in [9.17, 15) is 0 Å². The van der Waals surface area contributed by atoms with Crippen LogP contribution in [0.5, 0.6) is 0 Å². The monoisotopic (exact) mass is 235 g/mol. The fourth-order valence-corrected chi connectivity index (χ4v) is 2.06. The number of ether oxygens (including phenoxy) is 1. The lowest BCUT2D eigenvalue weighted by molar-refractivity contribution is 0.0985. The van der Waals surface area contributed by atoms with Crippen LogP contribution in [0.25, 0.3) is 0 Å². The molecule has 1 aliphatic rings. The van der Waals surface area contributed by atoms with Gasteiger partial charge in [0.1, 0.15) is 5.82 Å². The van der Waals surface area contributed by atoms with Gasteiger partial charge in [-0.3, -0.25) is 0 Å². The Bertz CT molecular complexity index is 352. The summed E-state index contributed by atoms with van der Waals surface area (Å²) in [4.78, 5) is 6.86. The zero-order valence-electron chi connectivity index (χ0n) is 10.8. The van der Waals surface area contributed by atoms with Crippen LogP contribution in [0.2, 0.25) is 0 Å². The Morgan fingerprint density at radius 3 is 2.94 bits per heavy atom. The molecule has 1 N–H and O–H groups in total. The molecule has 0 amide bonds. The third-order valence-electron chi connectivity index (χ3n) is 3.37. The molecule has 0 radical (unpaired) electrons. The summed E-state index contributed by atoms with van der Waals surface area (Å²) in [5.41, 5.74) is 1.22. The first-order valence-electron chi connectivity index (χ1n) is 6.20. The predicted octanol–water partition coefficient (Wildman–Crippen LogP) is 1.59. The molecule has 1 aromatic heterocycles. The standard InChI is InChI=1S/C13H21N3O/c1-10-9-17-7-6-16(10)13-5-4-12(8-15-13)11(2)14-3/h4-5,8,10-11,14H,6-7,9H2,1-3H3. The third kappa shape index (κ3) is 2.76. The molecule has 2 atom stereocenters. The van der Waals surface area contributed by atoms with Gasteiger partial charge in [0.15, 0.2) is 0 Å². The number of rotatable bonds is 3. The molecule has 0 aliphatic carbocycles. The molecular weight excluding hydrogens is 214 g/mol. The van der Waals surface area contributed by atoms with Crippen molar-refractivity contribution in [1.82, 2.24) is 10.3 Å². The van der Waals surface area contributed by atoms with Gasteiger partial charge in [-0.05, 0) is 32.5 Å². The maximum atomic E-state index is 5.43. The van der Waals surface area contributed by atoms with Gasteiger partial charge in [0.05, 0.1) is 19.3 Å². The molecule has 0 bridgehead atoms. The van der Waals surface area contributed by atoms with Crippen LogP contribution >= 0.6 is 0 Å². The molecule has 1 aromatic rings. The Kier molecular flexibility index (Phi) is 3.97. The molecule has 4 heteroatoms. The number of nitrogens with zero attached hydrogens (tertiary/aromatic N) is 2. The van der Waals surface area contributed by atoms with Crippen molar-refractivity contribution in [1.29, 1.82) is 0 Å². The van der Waals surface area contributed by atoms with E-state index in [1.165, 1.54) is 5.56 Å².